The molecule has 0 spiro atoms. The fourth-order valence-electron chi connectivity index (χ4n) is 6.64. The number of halogens is 5. The van der Waals surface area contributed by atoms with Crippen LogP contribution in [0.15, 0.2) is 115 Å². The molecule has 316 valence electrons. The first-order valence-corrected chi connectivity index (χ1v) is 20.2. The number of benzene rings is 4. The van der Waals surface area contributed by atoms with Crippen molar-refractivity contribution in [2.75, 3.05) is 49.6 Å². The fraction of sp³-hybridized carbons (Fsp3) is 0.190. The first-order valence-electron chi connectivity index (χ1n) is 18.3. The second kappa shape index (κ2) is 17.5. The van der Waals surface area contributed by atoms with E-state index in [1.807, 2.05) is 4.90 Å². The van der Waals surface area contributed by atoms with Crippen molar-refractivity contribution in [3.8, 4) is 45.3 Å². The van der Waals surface area contributed by atoms with E-state index in [0.29, 0.717) is 58.2 Å². The Morgan fingerprint density at radius 2 is 1.56 bits per heavy atom. The van der Waals surface area contributed by atoms with Gasteiger partial charge in [-0.05, 0) is 71.3 Å². The average molecular weight is 879 g/mol. The molecule has 1 fully saturated rings. The molecule has 61 heavy (non-hydrogen) atoms. The lowest BCUT2D eigenvalue weighted by Gasteiger charge is -2.34. The highest BCUT2D eigenvalue weighted by molar-refractivity contribution is 7.92. The van der Waals surface area contributed by atoms with E-state index in [-0.39, 0.29) is 42.0 Å². The third-order valence-electron chi connectivity index (χ3n) is 9.86. The van der Waals surface area contributed by atoms with E-state index in [1.54, 1.807) is 48.7 Å². The van der Waals surface area contributed by atoms with Gasteiger partial charge in [-0.3, -0.25) is 0 Å². The summed E-state index contributed by atoms with van der Waals surface area (Å²) >= 11 is 6.70. The number of piperazine rings is 1. The number of sulfonamides is 1. The van der Waals surface area contributed by atoms with Crippen molar-refractivity contribution < 1.29 is 50.1 Å². The van der Waals surface area contributed by atoms with Crippen LogP contribution < -0.4 is 23.4 Å². The van der Waals surface area contributed by atoms with Crippen LogP contribution >= 0.6 is 11.6 Å². The van der Waals surface area contributed by atoms with Crippen LogP contribution in [0.3, 0.4) is 0 Å². The number of pyridine rings is 1. The van der Waals surface area contributed by atoms with Crippen LogP contribution in [0.1, 0.15) is 11.1 Å². The highest BCUT2D eigenvalue weighted by atomic mass is 35.5. The van der Waals surface area contributed by atoms with E-state index in [2.05, 4.69) is 15.0 Å². The Balaban J connectivity index is 1.26. The van der Waals surface area contributed by atoms with E-state index in [0.717, 1.165) is 34.9 Å². The van der Waals surface area contributed by atoms with E-state index in [9.17, 15) is 31.5 Å². The molecule has 1 amide bonds. The standard InChI is InChI=1S/C42H35ClF4N6O7S/c1-58-31-9-5-29(36(21-31)59-2)24-53(39-12-13-48-25-50-39)61(56,57)38-22-33(43)37(23-34(38)44)60-35-10-6-27(26-3-7-30(8-4-26)42(45,46)47)19-32(35)28-11-14-49-40(20-28)51-15-17-52(18-16-51)41(54)55/h3-14,19-23,25H,15-18,24H2,1-2H3,(H,54,55). The number of methoxy groups -OCH3 is 2. The Bertz CT molecular complexity index is 2670. The van der Waals surface area contributed by atoms with Gasteiger partial charge in [-0.15, -0.1) is 0 Å². The molecule has 0 atom stereocenters. The molecule has 2 aromatic heterocycles. The Labute approximate surface area is 352 Å². The zero-order valence-corrected chi connectivity index (χ0v) is 33.9. The molecule has 0 aliphatic carbocycles. The van der Waals surface area contributed by atoms with Crippen molar-refractivity contribution in [3.05, 3.63) is 132 Å². The number of anilines is 2. The van der Waals surface area contributed by atoms with Crippen molar-refractivity contribution in [1.82, 2.24) is 19.9 Å². The van der Waals surface area contributed by atoms with Gasteiger partial charge in [0.05, 0.1) is 31.4 Å². The zero-order chi connectivity index (χ0) is 43.5. The summed E-state index contributed by atoms with van der Waals surface area (Å²) in [6.45, 7) is 0.899. The van der Waals surface area contributed by atoms with Gasteiger partial charge in [-0.25, -0.2) is 36.9 Å². The Morgan fingerprint density at radius 1 is 0.820 bits per heavy atom. The van der Waals surface area contributed by atoms with Crippen LogP contribution in [0, 0.1) is 5.82 Å². The number of rotatable bonds is 12. The average Bonchev–Trinajstić information content (AvgIpc) is 3.26. The number of ether oxygens (including phenoxy) is 3. The number of alkyl halides is 3. The minimum absolute atomic E-state index is 0.0676. The first-order chi connectivity index (χ1) is 29.2. The first kappa shape index (κ1) is 42.5. The van der Waals surface area contributed by atoms with Crippen LogP contribution in [0.5, 0.6) is 23.0 Å². The summed E-state index contributed by atoms with van der Waals surface area (Å²) < 4.78 is 103. The molecule has 1 saturated heterocycles. The van der Waals surface area contributed by atoms with E-state index in [1.165, 1.54) is 49.6 Å². The van der Waals surface area contributed by atoms with Gasteiger partial charge in [-0.2, -0.15) is 13.2 Å². The second-order valence-electron chi connectivity index (χ2n) is 13.5. The molecule has 3 heterocycles. The molecule has 13 nitrogen and oxygen atoms in total. The molecular weight excluding hydrogens is 844 g/mol. The van der Waals surface area contributed by atoms with Gasteiger partial charge in [0, 0.05) is 67.9 Å². The number of hydrogen-bond acceptors (Lipinski definition) is 10. The maximum atomic E-state index is 16.3. The highest BCUT2D eigenvalue weighted by Gasteiger charge is 2.32. The van der Waals surface area contributed by atoms with Crippen LogP contribution in [0.25, 0.3) is 22.3 Å². The normalized spacial score (nSPS) is 13.2. The van der Waals surface area contributed by atoms with Crippen LogP contribution in [0.4, 0.5) is 34.0 Å². The Morgan fingerprint density at radius 3 is 2.21 bits per heavy atom. The molecule has 1 aliphatic heterocycles. The molecule has 0 radical (unpaired) electrons. The predicted molar refractivity (Wildman–Crippen MR) is 218 cm³/mol. The summed E-state index contributed by atoms with van der Waals surface area (Å²) in [6.07, 6.45) is -1.54. The summed E-state index contributed by atoms with van der Waals surface area (Å²) in [6, 6.07) is 20.8. The molecule has 1 N–H and O–H groups in total. The maximum absolute atomic E-state index is 16.3. The third-order valence-corrected chi connectivity index (χ3v) is 11.9. The lowest BCUT2D eigenvalue weighted by Crippen LogP contribution is -2.48. The van der Waals surface area contributed by atoms with Gasteiger partial charge in [0.25, 0.3) is 10.0 Å². The number of amides is 1. The lowest BCUT2D eigenvalue weighted by atomic mass is 9.97. The predicted octanol–water partition coefficient (Wildman–Crippen LogP) is 9.02. The van der Waals surface area contributed by atoms with Crippen molar-refractivity contribution >= 4 is 39.4 Å². The summed E-state index contributed by atoms with van der Waals surface area (Å²) in [5.41, 5.74) is 1.51. The smallest absolute Gasteiger partial charge is 0.416 e. The van der Waals surface area contributed by atoms with E-state index < -0.39 is 38.6 Å². The highest BCUT2D eigenvalue weighted by Crippen LogP contribution is 2.42. The third kappa shape index (κ3) is 9.24. The molecule has 1 aliphatic rings. The van der Waals surface area contributed by atoms with Gasteiger partial charge in [0.15, 0.2) is 0 Å². The molecule has 4 aromatic carbocycles. The fourth-order valence-corrected chi connectivity index (χ4v) is 8.38. The van der Waals surface area contributed by atoms with Crippen LogP contribution in [0.2, 0.25) is 5.02 Å². The lowest BCUT2D eigenvalue weighted by molar-refractivity contribution is -0.137. The molecule has 19 heteroatoms. The summed E-state index contributed by atoms with van der Waals surface area (Å²) in [4.78, 5) is 26.4. The number of carboxylic acid groups (broad SMARTS) is 1. The number of hydrogen-bond donors (Lipinski definition) is 1. The Kier molecular flexibility index (Phi) is 12.2. The van der Waals surface area contributed by atoms with Gasteiger partial charge in [-0.1, -0.05) is 29.8 Å². The van der Waals surface area contributed by atoms with Gasteiger partial charge < -0.3 is 29.1 Å². The summed E-state index contributed by atoms with van der Waals surface area (Å²) in [5, 5.41) is 9.14. The van der Waals surface area contributed by atoms with E-state index >= 15 is 4.39 Å². The molecular formula is C42H35ClF4N6O7S. The van der Waals surface area contributed by atoms with Crippen LogP contribution in [-0.2, 0) is 22.7 Å². The molecule has 0 unspecified atom stereocenters. The van der Waals surface area contributed by atoms with Gasteiger partial charge in [0.1, 0.15) is 51.7 Å². The van der Waals surface area contributed by atoms with Crippen molar-refractivity contribution in [2.24, 2.45) is 0 Å². The van der Waals surface area contributed by atoms with Crippen molar-refractivity contribution in [3.63, 3.8) is 0 Å². The minimum Gasteiger partial charge on any atom is -0.497 e. The summed E-state index contributed by atoms with van der Waals surface area (Å²) in [5.74, 6) is -0.0913. The topological polar surface area (TPSA) is 148 Å². The molecule has 0 bridgehead atoms. The van der Waals surface area contributed by atoms with Gasteiger partial charge in [0.2, 0.25) is 0 Å². The molecule has 6 aromatic rings. The Hall–Kier alpha value is -6.66. The zero-order valence-electron chi connectivity index (χ0n) is 32.3. The molecule has 0 saturated carbocycles. The number of aromatic nitrogens is 3. The number of nitrogens with zero attached hydrogens (tertiary/aromatic N) is 6. The van der Waals surface area contributed by atoms with Gasteiger partial charge >= 0.3 is 12.3 Å². The maximum Gasteiger partial charge on any atom is 0.416 e. The summed E-state index contributed by atoms with van der Waals surface area (Å²) in [7, 11) is -1.86. The van der Waals surface area contributed by atoms with E-state index in [4.69, 9.17) is 25.8 Å². The SMILES string of the molecule is COc1ccc(CN(c2ccncn2)S(=O)(=O)c2cc(Cl)c(Oc3ccc(-c4ccc(C(F)(F)F)cc4)cc3-c3ccnc(N4CCN(C(=O)O)CC4)c3)cc2F)c(OC)c1. The van der Waals surface area contributed by atoms with Crippen molar-refractivity contribution in [1.29, 1.82) is 0 Å². The largest absolute Gasteiger partial charge is 0.497 e. The monoisotopic (exact) mass is 878 g/mol. The molecule has 7 rings (SSSR count). The van der Waals surface area contributed by atoms with Crippen molar-refractivity contribution in [2.45, 2.75) is 17.6 Å². The van der Waals surface area contributed by atoms with Crippen LogP contribution in [-0.4, -0.2) is 79.9 Å². The number of carbonyl (C=O) groups is 1. The minimum atomic E-state index is -4.74. The quantitative estimate of drug-likeness (QED) is 0.118. The second-order valence-corrected chi connectivity index (χ2v) is 15.8.